The van der Waals surface area contributed by atoms with Crippen LogP contribution >= 0.6 is 0 Å². The van der Waals surface area contributed by atoms with E-state index in [9.17, 15) is 0 Å². The van der Waals surface area contributed by atoms with Crippen LogP contribution in [0.25, 0.3) is 43.8 Å². The predicted octanol–water partition coefficient (Wildman–Crippen LogP) is 15.4. The van der Waals surface area contributed by atoms with Gasteiger partial charge < -0.3 is 4.90 Å². The second-order valence-corrected chi connectivity index (χ2v) is 17.9. The van der Waals surface area contributed by atoms with E-state index in [1.165, 1.54) is 135 Å². The van der Waals surface area contributed by atoms with Gasteiger partial charge in [-0.1, -0.05) is 137 Å². The maximum Gasteiger partial charge on any atom is 0.0502 e. The Hall–Kier alpha value is -5.14. The standard InChI is InChI=1S/C54H51N/c1-54(2)51-34-45(27-28-47(51)48-18-10-17-46(53(48)54)43-22-21-36-11-6-7-14-39(36)31-43)55(44-25-23-38(24-26-44)49-30-35-19-20-42(49)29-35)52-33-41-16-9-8-15-40(41)32-50(52)37-12-4-3-5-13-37/h6-11,14-18,21-28,31-35,37,42,49H,3-5,12-13,19-20,29-30H2,1-2H3. The number of benzene rings is 7. The number of nitrogens with zero attached hydrogens (tertiary/aromatic N) is 1. The van der Waals surface area contributed by atoms with Gasteiger partial charge in [0.2, 0.25) is 0 Å². The van der Waals surface area contributed by atoms with E-state index in [2.05, 4.69) is 158 Å². The minimum absolute atomic E-state index is 0.171. The third-order valence-corrected chi connectivity index (χ3v) is 14.5. The van der Waals surface area contributed by atoms with Gasteiger partial charge in [-0.2, -0.15) is 0 Å². The highest BCUT2D eigenvalue weighted by molar-refractivity contribution is 5.95. The van der Waals surface area contributed by atoms with Gasteiger partial charge in [0.15, 0.2) is 0 Å². The van der Waals surface area contributed by atoms with Crippen LogP contribution in [0.15, 0.2) is 140 Å². The maximum absolute atomic E-state index is 2.63. The Kier molecular flexibility index (Phi) is 7.84. The van der Waals surface area contributed by atoms with Crippen LogP contribution in [0.5, 0.6) is 0 Å². The van der Waals surface area contributed by atoms with E-state index >= 15 is 0 Å². The minimum atomic E-state index is -0.171. The lowest BCUT2D eigenvalue weighted by Gasteiger charge is -2.33. The van der Waals surface area contributed by atoms with Crippen molar-refractivity contribution in [2.45, 2.75) is 88.9 Å². The second-order valence-electron chi connectivity index (χ2n) is 17.9. The molecule has 0 radical (unpaired) electrons. The fraction of sp³-hybridized carbons (Fsp3) is 0.296. The van der Waals surface area contributed by atoms with Gasteiger partial charge in [-0.3, -0.25) is 0 Å². The number of anilines is 3. The van der Waals surface area contributed by atoms with Crippen LogP contribution in [0, 0.1) is 11.8 Å². The fourth-order valence-corrected chi connectivity index (χ4v) is 11.7. The Morgan fingerprint density at radius 2 is 1.24 bits per heavy atom. The molecule has 7 aromatic rings. The molecule has 0 aliphatic heterocycles. The summed E-state index contributed by atoms with van der Waals surface area (Å²) in [5, 5.41) is 5.25. The van der Waals surface area contributed by atoms with Crippen molar-refractivity contribution in [1.29, 1.82) is 0 Å². The molecule has 272 valence electrons. The Morgan fingerprint density at radius 1 is 0.527 bits per heavy atom. The Morgan fingerprint density at radius 3 is 1.98 bits per heavy atom. The summed E-state index contributed by atoms with van der Waals surface area (Å²) in [4.78, 5) is 2.63. The summed E-state index contributed by atoms with van der Waals surface area (Å²) in [5.41, 5.74) is 15.0. The molecule has 3 unspecified atom stereocenters. The zero-order valence-electron chi connectivity index (χ0n) is 32.4. The summed E-state index contributed by atoms with van der Waals surface area (Å²) in [6.07, 6.45) is 12.2. The summed E-state index contributed by atoms with van der Waals surface area (Å²) < 4.78 is 0. The Bertz CT molecular complexity index is 2580. The minimum Gasteiger partial charge on any atom is -0.310 e. The molecule has 0 spiro atoms. The zero-order valence-corrected chi connectivity index (χ0v) is 32.4. The normalized spacial score (nSPS) is 21.2. The number of rotatable bonds is 6. The van der Waals surface area contributed by atoms with Crippen molar-refractivity contribution in [2.75, 3.05) is 4.90 Å². The van der Waals surface area contributed by atoms with Crippen LogP contribution in [0.4, 0.5) is 17.1 Å². The molecule has 0 heterocycles. The van der Waals surface area contributed by atoms with E-state index in [4.69, 9.17) is 0 Å². The molecule has 0 N–H and O–H groups in total. The van der Waals surface area contributed by atoms with E-state index < -0.39 is 0 Å². The molecule has 4 aliphatic rings. The third kappa shape index (κ3) is 5.48. The lowest BCUT2D eigenvalue weighted by molar-refractivity contribution is 0.420. The van der Waals surface area contributed by atoms with Crippen molar-refractivity contribution in [3.8, 4) is 22.3 Å². The molecule has 2 bridgehead atoms. The SMILES string of the molecule is CC1(C)c2cc(N(c3ccc(C4CC5CCC4C5)cc3)c3cc4ccccc4cc3C3CCCCC3)ccc2-c2cccc(-c3ccc4ccccc4c3)c21. The topological polar surface area (TPSA) is 3.24 Å². The van der Waals surface area contributed by atoms with Crippen molar-refractivity contribution in [1.82, 2.24) is 0 Å². The summed E-state index contributed by atoms with van der Waals surface area (Å²) >= 11 is 0. The zero-order chi connectivity index (χ0) is 36.7. The fourth-order valence-electron chi connectivity index (χ4n) is 11.7. The first-order valence-corrected chi connectivity index (χ1v) is 21.2. The number of hydrogen-bond donors (Lipinski definition) is 0. The lowest BCUT2D eigenvalue weighted by Crippen LogP contribution is -2.19. The molecule has 11 rings (SSSR count). The van der Waals surface area contributed by atoms with Crippen LogP contribution in [-0.2, 0) is 5.41 Å². The molecule has 0 amide bonds. The van der Waals surface area contributed by atoms with Crippen LogP contribution < -0.4 is 4.90 Å². The molecule has 55 heavy (non-hydrogen) atoms. The van der Waals surface area contributed by atoms with Crippen molar-refractivity contribution >= 4 is 38.6 Å². The van der Waals surface area contributed by atoms with Gasteiger partial charge >= 0.3 is 0 Å². The molecule has 3 atom stereocenters. The van der Waals surface area contributed by atoms with E-state index in [0.29, 0.717) is 5.92 Å². The van der Waals surface area contributed by atoms with E-state index in [0.717, 1.165) is 17.8 Å². The van der Waals surface area contributed by atoms with Gasteiger partial charge in [-0.05, 0) is 164 Å². The maximum atomic E-state index is 2.63. The van der Waals surface area contributed by atoms with Gasteiger partial charge in [-0.25, -0.2) is 0 Å². The average Bonchev–Trinajstić information content (AvgIpc) is 3.94. The van der Waals surface area contributed by atoms with E-state index in [1.54, 1.807) is 5.56 Å². The number of hydrogen-bond acceptors (Lipinski definition) is 1. The Balaban J connectivity index is 1.07. The largest absolute Gasteiger partial charge is 0.310 e. The molecule has 3 saturated carbocycles. The highest BCUT2D eigenvalue weighted by Crippen LogP contribution is 2.56. The van der Waals surface area contributed by atoms with Crippen molar-refractivity contribution in [3.63, 3.8) is 0 Å². The molecule has 4 aliphatic carbocycles. The molecule has 7 aromatic carbocycles. The van der Waals surface area contributed by atoms with Gasteiger partial charge in [0.05, 0.1) is 5.69 Å². The molecule has 0 saturated heterocycles. The molecule has 1 nitrogen and oxygen atoms in total. The first-order chi connectivity index (χ1) is 27.0. The third-order valence-electron chi connectivity index (χ3n) is 14.5. The van der Waals surface area contributed by atoms with Gasteiger partial charge in [0.25, 0.3) is 0 Å². The van der Waals surface area contributed by atoms with E-state index in [1.807, 2.05) is 0 Å². The van der Waals surface area contributed by atoms with Gasteiger partial charge in [0.1, 0.15) is 0 Å². The highest BCUT2D eigenvalue weighted by Gasteiger charge is 2.41. The van der Waals surface area contributed by atoms with Crippen LogP contribution in [0.3, 0.4) is 0 Å². The van der Waals surface area contributed by atoms with Gasteiger partial charge in [0, 0.05) is 16.8 Å². The summed E-state index contributed by atoms with van der Waals surface area (Å²) in [7, 11) is 0. The smallest absolute Gasteiger partial charge is 0.0502 e. The molecule has 1 heteroatoms. The number of fused-ring (bicyclic) bond motifs is 7. The molecule has 3 fully saturated rings. The van der Waals surface area contributed by atoms with Crippen molar-refractivity contribution in [3.05, 3.63) is 162 Å². The van der Waals surface area contributed by atoms with Gasteiger partial charge in [-0.15, -0.1) is 0 Å². The van der Waals surface area contributed by atoms with Crippen molar-refractivity contribution in [2.24, 2.45) is 11.8 Å². The molecular formula is C54H51N. The van der Waals surface area contributed by atoms with Crippen LogP contribution in [0.1, 0.15) is 106 Å². The Labute approximate surface area is 327 Å². The quantitative estimate of drug-likeness (QED) is 0.166. The van der Waals surface area contributed by atoms with Crippen LogP contribution in [-0.4, -0.2) is 0 Å². The first kappa shape index (κ1) is 33.2. The summed E-state index contributed by atoms with van der Waals surface area (Å²) in [5.74, 6) is 3.13. The summed E-state index contributed by atoms with van der Waals surface area (Å²) in [6.45, 7) is 4.90. The molecule has 0 aromatic heterocycles. The summed E-state index contributed by atoms with van der Waals surface area (Å²) in [6, 6.07) is 54.0. The monoisotopic (exact) mass is 713 g/mol. The van der Waals surface area contributed by atoms with E-state index in [-0.39, 0.29) is 5.41 Å². The van der Waals surface area contributed by atoms with Crippen molar-refractivity contribution < 1.29 is 0 Å². The average molecular weight is 714 g/mol. The van der Waals surface area contributed by atoms with Crippen LogP contribution in [0.2, 0.25) is 0 Å². The predicted molar refractivity (Wildman–Crippen MR) is 233 cm³/mol. The molecular weight excluding hydrogens is 663 g/mol. The first-order valence-electron chi connectivity index (χ1n) is 21.2. The second kappa shape index (κ2) is 13.0. The highest BCUT2D eigenvalue weighted by atomic mass is 15.1. The lowest BCUT2D eigenvalue weighted by atomic mass is 9.78.